The van der Waals surface area contributed by atoms with Crippen molar-refractivity contribution in [2.24, 2.45) is 5.73 Å². The van der Waals surface area contributed by atoms with E-state index in [0.29, 0.717) is 17.5 Å². The normalized spacial score (nSPS) is 11.2. The van der Waals surface area contributed by atoms with Crippen LogP contribution in [0.3, 0.4) is 0 Å². The van der Waals surface area contributed by atoms with Crippen molar-refractivity contribution in [1.82, 2.24) is 19.9 Å². The lowest BCUT2D eigenvalue weighted by molar-refractivity contribution is 0.690. The Morgan fingerprint density at radius 1 is 1.07 bits per heavy atom. The number of nitrogens with one attached hydrogen (secondary N) is 1. The summed E-state index contributed by atoms with van der Waals surface area (Å²) < 4.78 is 2.30. The molecule has 0 saturated carbocycles. The van der Waals surface area contributed by atoms with E-state index in [-0.39, 0.29) is 0 Å². The van der Waals surface area contributed by atoms with Crippen molar-refractivity contribution >= 4 is 45.1 Å². The van der Waals surface area contributed by atoms with Gasteiger partial charge in [0.1, 0.15) is 11.3 Å². The number of hydrogen-bond donors (Lipinski definition) is 3. The summed E-state index contributed by atoms with van der Waals surface area (Å²) >= 11 is 4.88. The van der Waals surface area contributed by atoms with Crippen molar-refractivity contribution < 1.29 is 0 Å². The number of imidazole rings is 1. The van der Waals surface area contributed by atoms with Crippen LogP contribution < -0.4 is 16.8 Å². The van der Waals surface area contributed by atoms with E-state index in [4.69, 9.17) is 28.7 Å². The van der Waals surface area contributed by atoms with Gasteiger partial charge in [0.05, 0.1) is 11.0 Å². The Morgan fingerprint density at radius 2 is 1.80 bits per heavy atom. The third kappa shape index (κ3) is 4.07. The van der Waals surface area contributed by atoms with E-state index >= 15 is 0 Å². The van der Waals surface area contributed by atoms with Gasteiger partial charge in [-0.3, -0.25) is 0 Å². The van der Waals surface area contributed by atoms with Gasteiger partial charge in [0, 0.05) is 24.9 Å². The van der Waals surface area contributed by atoms with Crippen LogP contribution in [0.4, 0.5) is 5.82 Å². The summed E-state index contributed by atoms with van der Waals surface area (Å²) in [6.07, 6.45) is 3.11. The molecule has 4 aromatic rings. The molecule has 2 aromatic carbocycles. The maximum Gasteiger partial charge on any atom is 0.163 e. The fraction of sp³-hybridized carbons (Fsp3) is 0.261. The molecule has 2 heterocycles. The molecule has 0 fully saturated rings. The Balaban J connectivity index is 1.77. The molecule has 5 N–H and O–H groups in total. The van der Waals surface area contributed by atoms with Crippen molar-refractivity contribution in [3.63, 3.8) is 0 Å². The molecule has 154 valence electrons. The SMILES string of the molecule is CCCCc1nc2c(N)nc3ccccc3c2n1Cc1ccc(CNC(N)=S)cc1. The van der Waals surface area contributed by atoms with E-state index in [1.54, 1.807) is 0 Å². The van der Waals surface area contributed by atoms with Gasteiger partial charge in [-0.2, -0.15) is 0 Å². The highest BCUT2D eigenvalue weighted by atomic mass is 32.1. The van der Waals surface area contributed by atoms with Crippen LogP contribution >= 0.6 is 12.2 Å². The summed E-state index contributed by atoms with van der Waals surface area (Å²) in [7, 11) is 0. The van der Waals surface area contributed by atoms with Gasteiger partial charge < -0.3 is 21.4 Å². The fourth-order valence-electron chi connectivity index (χ4n) is 3.74. The van der Waals surface area contributed by atoms with Crippen molar-refractivity contribution in [3.8, 4) is 0 Å². The maximum atomic E-state index is 6.29. The molecular formula is C23H26N6S. The second-order valence-corrected chi connectivity index (χ2v) is 7.90. The smallest absolute Gasteiger partial charge is 0.163 e. The number of thiocarbonyl (C=S) groups is 1. The van der Waals surface area contributed by atoms with Gasteiger partial charge in [0.15, 0.2) is 10.9 Å². The molecule has 7 heteroatoms. The Bertz CT molecular complexity index is 1200. The molecule has 4 rings (SSSR count). The van der Waals surface area contributed by atoms with Gasteiger partial charge in [-0.15, -0.1) is 0 Å². The van der Waals surface area contributed by atoms with Gasteiger partial charge >= 0.3 is 0 Å². The number of aryl methyl sites for hydroxylation is 1. The predicted molar refractivity (Wildman–Crippen MR) is 127 cm³/mol. The van der Waals surface area contributed by atoms with Gasteiger partial charge in [-0.05, 0) is 35.8 Å². The number of nitrogens with two attached hydrogens (primary N) is 2. The number of nitrogens with zero attached hydrogens (tertiary/aromatic N) is 3. The van der Waals surface area contributed by atoms with Crippen LogP contribution in [0.1, 0.15) is 36.7 Å². The lowest BCUT2D eigenvalue weighted by atomic mass is 10.1. The van der Waals surface area contributed by atoms with E-state index in [1.807, 2.05) is 18.2 Å². The average molecular weight is 419 g/mol. The number of unbranched alkanes of at least 4 members (excludes halogenated alkanes) is 1. The van der Waals surface area contributed by atoms with Crippen LogP contribution in [0.25, 0.3) is 21.9 Å². The highest BCUT2D eigenvalue weighted by Crippen LogP contribution is 2.30. The zero-order valence-electron chi connectivity index (χ0n) is 17.1. The molecule has 0 aliphatic rings. The van der Waals surface area contributed by atoms with Gasteiger partial charge in [-0.1, -0.05) is 55.8 Å². The highest BCUT2D eigenvalue weighted by Gasteiger charge is 2.17. The van der Waals surface area contributed by atoms with E-state index in [9.17, 15) is 0 Å². The van der Waals surface area contributed by atoms with Crippen LogP contribution in [0, 0.1) is 0 Å². The lowest BCUT2D eigenvalue weighted by Gasteiger charge is -2.12. The first-order valence-corrected chi connectivity index (χ1v) is 10.6. The molecule has 2 aromatic heterocycles. The number of para-hydroxylation sites is 1. The minimum atomic E-state index is 0.308. The first-order chi connectivity index (χ1) is 14.6. The summed E-state index contributed by atoms with van der Waals surface area (Å²) in [6.45, 7) is 3.54. The van der Waals surface area contributed by atoms with Crippen molar-refractivity contribution in [2.75, 3.05) is 5.73 Å². The summed E-state index contributed by atoms with van der Waals surface area (Å²) in [5, 5.41) is 4.37. The van der Waals surface area contributed by atoms with Crippen LogP contribution in [0.15, 0.2) is 48.5 Å². The van der Waals surface area contributed by atoms with E-state index in [2.05, 4.69) is 52.1 Å². The van der Waals surface area contributed by atoms with E-state index < -0.39 is 0 Å². The van der Waals surface area contributed by atoms with Crippen LogP contribution in [-0.4, -0.2) is 19.6 Å². The topological polar surface area (TPSA) is 94.8 Å². The summed E-state index contributed by atoms with van der Waals surface area (Å²) in [6, 6.07) is 16.6. The quantitative estimate of drug-likeness (QED) is 0.394. The van der Waals surface area contributed by atoms with Crippen molar-refractivity contribution in [3.05, 3.63) is 65.5 Å². The minimum absolute atomic E-state index is 0.308. The molecule has 0 aliphatic heterocycles. The Morgan fingerprint density at radius 3 is 2.53 bits per heavy atom. The zero-order chi connectivity index (χ0) is 21.1. The number of pyridine rings is 1. The first kappa shape index (κ1) is 20.1. The largest absolute Gasteiger partial charge is 0.382 e. The lowest BCUT2D eigenvalue weighted by Crippen LogP contribution is -2.28. The second-order valence-electron chi connectivity index (χ2n) is 7.46. The second kappa shape index (κ2) is 8.67. The number of hydrogen-bond acceptors (Lipinski definition) is 4. The molecule has 30 heavy (non-hydrogen) atoms. The minimum Gasteiger partial charge on any atom is -0.382 e. The number of anilines is 1. The number of benzene rings is 2. The Labute approximate surface area is 181 Å². The summed E-state index contributed by atoms with van der Waals surface area (Å²) in [5.41, 5.74) is 16.9. The number of aromatic nitrogens is 3. The number of fused-ring (bicyclic) bond motifs is 3. The van der Waals surface area contributed by atoms with Crippen LogP contribution in [0.2, 0.25) is 0 Å². The third-order valence-corrected chi connectivity index (χ3v) is 5.42. The molecular weight excluding hydrogens is 392 g/mol. The van der Waals surface area contributed by atoms with Gasteiger partial charge in [0.25, 0.3) is 0 Å². The maximum absolute atomic E-state index is 6.29. The van der Waals surface area contributed by atoms with Crippen molar-refractivity contribution in [2.45, 2.75) is 39.3 Å². The molecule has 0 spiro atoms. The molecule has 0 atom stereocenters. The molecule has 0 bridgehead atoms. The molecule has 0 amide bonds. The van der Waals surface area contributed by atoms with E-state index in [0.717, 1.165) is 59.1 Å². The molecule has 0 saturated heterocycles. The third-order valence-electron chi connectivity index (χ3n) is 5.27. The monoisotopic (exact) mass is 418 g/mol. The Kier molecular flexibility index (Phi) is 5.81. The predicted octanol–water partition coefficient (Wildman–Crippen LogP) is 3.89. The molecule has 0 radical (unpaired) electrons. The fourth-order valence-corrected chi connectivity index (χ4v) is 3.81. The average Bonchev–Trinajstić information content (AvgIpc) is 3.11. The van der Waals surface area contributed by atoms with Gasteiger partial charge in [-0.25, -0.2) is 9.97 Å². The first-order valence-electron chi connectivity index (χ1n) is 10.2. The standard InChI is InChI=1S/C23H26N6S/c1-2-3-8-19-28-20-21(17-6-4-5-7-18(17)27-22(20)24)29(19)14-16-11-9-15(10-12-16)13-26-23(25)30/h4-7,9-12H,2-3,8,13-14H2,1H3,(H2,24,27)(H3,25,26,30). The van der Waals surface area contributed by atoms with Crippen molar-refractivity contribution in [1.29, 1.82) is 0 Å². The summed E-state index contributed by atoms with van der Waals surface area (Å²) in [5.74, 6) is 1.54. The van der Waals surface area contributed by atoms with Crippen LogP contribution in [-0.2, 0) is 19.5 Å². The molecule has 0 unspecified atom stereocenters. The number of rotatable bonds is 7. The summed E-state index contributed by atoms with van der Waals surface area (Å²) in [4.78, 5) is 9.47. The molecule has 0 aliphatic carbocycles. The highest BCUT2D eigenvalue weighted by molar-refractivity contribution is 7.80. The zero-order valence-corrected chi connectivity index (χ0v) is 17.9. The van der Waals surface area contributed by atoms with Crippen LogP contribution in [0.5, 0.6) is 0 Å². The Hall–Kier alpha value is -3.19. The van der Waals surface area contributed by atoms with E-state index in [1.165, 1.54) is 5.56 Å². The number of nitrogen functional groups attached to an aromatic ring is 1. The van der Waals surface area contributed by atoms with Gasteiger partial charge in [0.2, 0.25) is 0 Å². The molecule has 6 nitrogen and oxygen atoms in total.